The summed E-state index contributed by atoms with van der Waals surface area (Å²) in [6.45, 7) is 3.38. The van der Waals surface area contributed by atoms with E-state index in [2.05, 4.69) is 5.10 Å². The first-order valence-corrected chi connectivity index (χ1v) is 15.3. The van der Waals surface area contributed by atoms with Crippen molar-refractivity contribution in [1.82, 2.24) is 19.0 Å². The maximum absolute atomic E-state index is 13.7. The van der Waals surface area contributed by atoms with E-state index in [4.69, 9.17) is 15.9 Å². The maximum Gasteiger partial charge on any atom is 0.324 e. The number of piperidine rings is 1. The standard InChI is InChI=1S/C29H37N7O4S/c1-33-19-27(15-32-33)41(38,39)35-12-10-22(11-13-35)16-34-17-24(21-40-20-23-6-3-2-4-7-23)18-36(29(34)37)26-9-5-8-25(14-26)28(30)31/h2-9,14-15,19,22,24H,10-13,16-18,20-21H2,1H3,(H3,30,31). The predicted molar refractivity (Wildman–Crippen MR) is 156 cm³/mol. The molecule has 12 heteroatoms. The van der Waals surface area contributed by atoms with Crippen LogP contribution in [0.5, 0.6) is 0 Å². The van der Waals surface area contributed by atoms with E-state index in [1.54, 1.807) is 30.1 Å². The molecule has 1 unspecified atom stereocenters. The van der Waals surface area contributed by atoms with Gasteiger partial charge in [-0.05, 0) is 36.5 Å². The maximum atomic E-state index is 13.7. The van der Waals surface area contributed by atoms with Gasteiger partial charge in [0.2, 0.25) is 10.0 Å². The Morgan fingerprint density at radius 3 is 2.51 bits per heavy atom. The van der Waals surface area contributed by atoms with E-state index in [1.165, 1.54) is 21.4 Å². The van der Waals surface area contributed by atoms with Crippen LogP contribution in [0.2, 0.25) is 0 Å². The summed E-state index contributed by atoms with van der Waals surface area (Å²) in [6.07, 6.45) is 4.23. The molecule has 3 heterocycles. The second kappa shape index (κ2) is 12.4. The molecule has 41 heavy (non-hydrogen) atoms. The quantitative estimate of drug-likeness (QED) is 0.280. The number of benzene rings is 2. The number of hydrogen-bond acceptors (Lipinski definition) is 6. The van der Waals surface area contributed by atoms with E-state index in [0.29, 0.717) is 70.0 Å². The Morgan fingerprint density at radius 1 is 1.07 bits per heavy atom. The van der Waals surface area contributed by atoms with Gasteiger partial charge in [0.25, 0.3) is 0 Å². The lowest BCUT2D eigenvalue weighted by Crippen LogP contribution is -2.56. The summed E-state index contributed by atoms with van der Waals surface area (Å²) in [5, 5.41) is 11.8. The molecule has 2 aliphatic rings. The second-order valence-corrected chi connectivity index (χ2v) is 12.8. The number of aryl methyl sites for hydroxylation is 1. The summed E-state index contributed by atoms with van der Waals surface area (Å²) in [5.41, 5.74) is 8.07. The van der Waals surface area contributed by atoms with Crippen LogP contribution < -0.4 is 10.6 Å². The van der Waals surface area contributed by atoms with Gasteiger partial charge in [-0.25, -0.2) is 13.2 Å². The SMILES string of the molecule is Cn1cc(S(=O)(=O)N2CCC(CN3CC(COCc4ccccc4)CN(c4cccc(C(=N)N)c4)C3=O)CC2)cn1. The molecular formula is C29H37N7O4S. The number of anilines is 1. The number of sulfonamides is 1. The highest BCUT2D eigenvalue weighted by atomic mass is 32.2. The molecule has 2 amide bonds. The third-order valence-electron chi connectivity index (χ3n) is 7.73. The number of nitrogens with one attached hydrogen (secondary N) is 1. The molecule has 2 aromatic carbocycles. The van der Waals surface area contributed by atoms with Crippen LogP contribution in [-0.4, -0.2) is 78.6 Å². The molecule has 2 aliphatic heterocycles. The van der Waals surface area contributed by atoms with Crippen LogP contribution in [0.1, 0.15) is 24.0 Å². The summed E-state index contributed by atoms with van der Waals surface area (Å²) in [7, 11) is -1.89. The summed E-state index contributed by atoms with van der Waals surface area (Å²) in [6, 6.07) is 17.1. The normalized spacial score (nSPS) is 19.0. The van der Waals surface area contributed by atoms with Crippen molar-refractivity contribution in [3.05, 3.63) is 78.1 Å². The third kappa shape index (κ3) is 6.77. The van der Waals surface area contributed by atoms with E-state index in [1.807, 2.05) is 41.3 Å². The second-order valence-electron chi connectivity index (χ2n) is 10.8. The molecule has 11 nitrogen and oxygen atoms in total. The zero-order valence-corrected chi connectivity index (χ0v) is 24.0. The minimum absolute atomic E-state index is 0.0519. The number of nitrogens with zero attached hydrogens (tertiary/aromatic N) is 5. The molecule has 3 aromatic rings. The number of aromatic nitrogens is 2. The van der Waals surface area contributed by atoms with Crippen molar-refractivity contribution in [2.24, 2.45) is 24.6 Å². The van der Waals surface area contributed by atoms with Crippen molar-refractivity contribution in [1.29, 1.82) is 5.41 Å². The Bertz CT molecular complexity index is 1470. The van der Waals surface area contributed by atoms with Crippen LogP contribution in [0.25, 0.3) is 0 Å². The molecule has 0 saturated carbocycles. The van der Waals surface area contributed by atoms with E-state index in [0.717, 1.165) is 5.56 Å². The average Bonchev–Trinajstić information content (AvgIpc) is 3.42. The van der Waals surface area contributed by atoms with Crippen LogP contribution in [0.3, 0.4) is 0 Å². The van der Waals surface area contributed by atoms with Crippen LogP contribution in [0.15, 0.2) is 71.9 Å². The largest absolute Gasteiger partial charge is 0.384 e. The van der Waals surface area contributed by atoms with E-state index < -0.39 is 10.0 Å². The summed E-state index contributed by atoms with van der Waals surface area (Å²) in [4.78, 5) is 17.6. The molecule has 2 fully saturated rings. The fraction of sp³-hybridized carbons (Fsp3) is 0.414. The van der Waals surface area contributed by atoms with E-state index in [-0.39, 0.29) is 28.6 Å². The number of urea groups is 1. The smallest absolute Gasteiger partial charge is 0.324 e. The van der Waals surface area contributed by atoms with Gasteiger partial charge in [-0.2, -0.15) is 9.40 Å². The van der Waals surface area contributed by atoms with Crippen LogP contribution in [0.4, 0.5) is 10.5 Å². The fourth-order valence-electron chi connectivity index (χ4n) is 5.51. The van der Waals surface area contributed by atoms with Gasteiger partial charge in [0.15, 0.2) is 0 Å². The molecule has 1 atom stereocenters. The van der Waals surface area contributed by atoms with E-state index in [9.17, 15) is 13.2 Å². The number of rotatable bonds is 10. The van der Waals surface area contributed by atoms with E-state index >= 15 is 0 Å². The van der Waals surface area contributed by atoms with Crippen molar-refractivity contribution in [3.8, 4) is 0 Å². The average molecular weight is 580 g/mol. The lowest BCUT2D eigenvalue weighted by molar-refractivity contribution is 0.0661. The molecule has 0 radical (unpaired) electrons. The third-order valence-corrected chi connectivity index (χ3v) is 9.58. The Hall–Kier alpha value is -3.74. The number of amides is 2. The molecular weight excluding hydrogens is 542 g/mol. The lowest BCUT2D eigenvalue weighted by atomic mass is 9.96. The van der Waals surface area contributed by atoms with Gasteiger partial charge in [-0.1, -0.05) is 42.5 Å². The Kier molecular flexibility index (Phi) is 8.71. The molecule has 5 rings (SSSR count). The highest BCUT2D eigenvalue weighted by Gasteiger charge is 2.36. The van der Waals surface area contributed by atoms with Crippen LogP contribution >= 0.6 is 0 Å². The van der Waals surface area contributed by atoms with Crippen molar-refractivity contribution < 1.29 is 17.9 Å². The Balaban J connectivity index is 1.26. The molecule has 218 valence electrons. The Morgan fingerprint density at radius 2 is 1.83 bits per heavy atom. The highest BCUT2D eigenvalue weighted by Crippen LogP contribution is 2.28. The van der Waals surface area contributed by atoms with Gasteiger partial charge in [-0.15, -0.1) is 0 Å². The first-order valence-electron chi connectivity index (χ1n) is 13.8. The first kappa shape index (κ1) is 28.8. The summed E-state index contributed by atoms with van der Waals surface area (Å²) < 4.78 is 35.1. The van der Waals surface area contributed by atoms with Crippen molar-refractivity contribution in [2.75, 3.05) is 44.2 Å². The summed E-state index contributed by atoms with van der Waals surface area (Å²) in [5.74, 6) is 0.195. The number of nitrogens with two attached hydrogens (primary N) is 1. The zero-order chi connectivity index (χ0) is 29.0. The number of carbonyl (C=O) groups is 1. The highest BCUT2D eigenvalue weighted by molar-refractivity contribution is 7.89. The molecule has 1 aromatic heterocycles. The monoisotopic (exact) mass is 579 g/mol. The number of ether oxygens (including phenoxy) is 1. The topological polar surface area (TPSA) is 138 Å². The minimum Gasteiger partial charge on any atom is -0.384 e. The molecule has 2 saturated heterocycles. The molecule has 0 spiro atoms. The lowest BCUT2D eigenvalue weighted by Gasteiger charge is -2.42. The first-order chi connectivity index (χ1) is 19.7. The molecule has 0 aliphatic carbocycles. The van der Waals surface area contributed by atoms with Gasteiger partial charge in [0.05, 0.1) is 19.4 Å². The number of carbonyl (C=O) groups excluding carboxylic acids is 1. The summed E-state index contributed by atoms with van der Waals surface area (Å²) >= 11 is 0. The number of nitrogen functional groups attached to an aromatic ring is 1. The van der Waals surface area contributed by atoms with Gasteiger partial charge < -0.3 is 15.4 Å². The number of hydrogen-bond donors (Lipinski definition) is 2. The predicted octanol–water partition coefficient (Wildman–Crippen LogP) is 2.88. The molecule has 0 bridgehead atoms. The zero-order valence-electron chi connectivity index (χ0n) is 23.2. The van der Waals surface area contributed by atoms with Crippen molar-refractivity contribution >= 4 is 27.6 Å². The Labute approximate surface area is 241 Å². The minimum atomic E-state index is -3.59. The van der Waals surface area contributed by atoms with Gasteiger partial charge in [-0.3, -0.25) is 15.0 Å². The van der Waals surface area contributed by atoms with Crippen LogP contribution in [-0.2, 0) is 28.4 Å². The molecule has 3 N–H and O–H groups in total. The van der Waals surface area contributed by atoms with Crippen molar-refractivity contribution in [3.63, 3.8) is 0 Å². The van der Waals surface area contributed by atoms with Crippen LogP contribution in [0, 0.1) is 17.2 Å². The van der Waals surface area contributed by atoms with Gasteiger partial charge in [0, 0.05) is 63.1 Å². The number of amidine groups is 1. The van der Waals surface area contributed by atoms with Gasteiger partial charge in [0.1, 0.15) is 10.7 Å². The fourth-order valence-corrected chi connectivity index (χ4v) is 6.97. The van der Waals surface area contributed by atoms with Gasteiger partial charge >= 0.3 is 6.03 Å². The van der Waals surface area contributed by atoms with Crippen molar-refractivity contribution in [2.45, 2.75) is 24.3 Å².